The van der Waals surface area contributed by atoms with E-state index >= 15 is 0 Å². The summed E-state index contributed by atoms with van der Waals surface area (Å²) in [4.78, 5) is 11.9. The maximum atomic E-state index is 11.9. The molecular formula is C14H28N2O2. The minimum Gasteiger partial charge on any atom is -0.396 e. The van der Waals surface area contributed by atoms with Gasteiger partial charge in [-0.2, -0.15) is 0 Å². The summed E-state index contributed by atoms with van der Waals surface area (Å²) in [5.41, 5.74) is -0.186. The lowest BCUT2D eigenvalue weighted by Gasteiger charge is -2.25. The maximum absolute atomic E-state index is 11.9. The van der Waals surface area contributed by atoms with E-state index in [4.69, 9.17) is 0 Å². The van der Waals surface area contributed by atoms with Gasteiger partial charge in [0.05, 0.1) is 6.04 Å². The molecule has 1 aliphatic rings. The molecule has 1 rings (SSSR count). The lowest BCUT2D eigenvalue weighted by molar-refractivity contribution is -0.124. The van der Waals surface area contributed by atoms with Gasteiger partial charge in [0.2, 0.25) is 5.91 Å². The van der Waals surface area contributed by atoms with E-state index in [0.29, 0.717) is 11.8 Å². The van der Waals surface area contributed by atoms with Gasteiger partial charge in [0.1, 0.15) is 0 Å². The molecule has 4 heteroatoms. The normalized spacial score (nSPS) is 26.1. The zero-order valence-corrected chi connectivity index (χ0v) is 12.1. The Hall–Kier alpha value is -0.610. The van der Waals surface area contributed by atoms with Crippen molar-refractivity contribution in [3.05, 3.63) is 0 Å². The Morgan fingerprint density at radius 3 is 2.50 bits per heavy atom. The summed E-state index contributed by atoms with van der Waals surface area (Å²) in [6.45, 7) is 8.94. The Bertz CT molecular complexity index is 273. The molecule has 1 saturated carbocycles. The van der Waals surface area contributed by atoms with Crippen LogP contribution in [0.1, 0.15) is 47.0 Å². The third-order valence-electron chi connectivity index (χ3n) is 3.63. The predicted molar refractivity (Wildman–Crippen MR) is 73.3 cm³/mol. The van der Waals surface area contributed by atoms with Crippen LogP contribution in [0.25, 0.3) is 0 Å². The highest BCUT2D eigenvalue weighted by Gasteiger charge is 2.27. The first-order chi connectivity index (χ1) is 8.33. The molecule has 0 aromatic heterocycles. The van der Waals surface area contributed by atoms with Gasteiger partial charge < -0.3 is 15.7 Å². The number of carbonyl (C=O) groups excluding carboxylic acids is 1. The van der Waals surface area contributed by atoms with E-state index in [1.165, 1.54) is 6.42 Å². The van der Waals surface area contributed by atoms with Gasteiger partial charge in [-0.1, -0.05) is 6.42 Å². The minimum atomic E-state index is -0.186. The van der Waals surface area contributed by atoms with Crippen LogP contribution in [-0.2, 0) is 4.79 Å². The number of nitrogens with one attached hydrogen (secondary N) is 2. The molecule has 3 N–H and O–H groups in total. The second-order valence-electron chi connectivity index (χ2n) is 6.50. The molecule has 1 amide bonds. The summed E-state index contributed by atoms with van der Waals surface area (Å²) in [6, 6.07) is -0.177. The molecule has 3 atom stereocenters. The van der Waals surface area contributed by atoms with Crippen LogP contribution in [0.4, 0.5) is 0 Å². The third kappa shape index (κ3) is 4.94. The molecule has 3 unspecified atom stereocenters. The van der Waals surface area contributed by atoms with Crippen molar-refractivity contribution in [2.75, 3.05) is 13.2 Å². The molecule has 0 aliphatic heterocycles. The Kier molecular flexibility index (Phi) is 5.60. The second-order valence-corrected chi connectivity index (χ2v) is 6.50. The highest BCUT2D eigenvalue weighted by Crippen LogP contribution is 2.30. The van der Waals surface area contributed by atoms with Crippen LogP contribution in [0.5, 0.6) is 0 Å². The highest BCUT2D eigenvalue weighted by atomic mass is 16.3. The van der Waals surface area contributed by atoms with E-state index in [1.54, 1.807) is 0 Å². The molecule has 1 aliphatic carbocycles. The number of aliphatic hydroxyl groups excluding tert-OH is 1. The van der Waals surface area contributed by atoms with Crippen LogP contribution in [0, 0.1) is 11.8 Å². The summed E-state index contributed by atoms with van der Waals surface area (Å²) in [7, 11) is 0. The quantitative estimate of drug-likeness (QED) is 0.694. The molecule has 0 radical (unpaired) electrons. The van der Waals surface area contributed by atoms with Gasteiger partial charge in [0, 0.05) is 12.1 Å². The largest absolute Gasteiger partial charge is 0.396 e. The van der Waals surface area contributed by atoms with Gasteiger partial charge in [-0.05, 0) is 58.9 Å². The first-order valence-electron chi connectivity index (χ1n) is 6.99. The van der Waals surface area contributed by atoms with Crippen LogP contribution in [-0.4, -0.2) is 35.7 Å². The number of rotatable bonds is 5. The van der Waals surface area contributed by atoms with Gasteiger partial charge in [-0.25, -0.2) is 0 Å². The van der Waals surface area contributed by atoms with Crippen LogP contribution in [0.15, 0.2) is 0 Å². The molecular weight excluding hydrogens is 228 g/mol. The van der Waals surface area contributed by atoms with Gasteiger partial charge in [-0.3, -0.25) is 4.79 Å². The lowest BCUT2D eigenvalue weighted by Crippen LogP contribution is -2.50. The van der Waals surface area contributed by atoms with Crippen molar-refractivity contribution in [2.45, 2.75) is 58.5 Å². The summed E-state index contributed by atoms with van der Waals surface area (Å²) < 4.78 is 0. The van der Waals surface area contributed by atoms with E-state index < -0.39 is 0 Å². The smallest absolute Gasteiger partial charge is 0.237 e. The predicted octanol–water partition coefficient (Wildman–Crippen LogP) is 1.29. The van der Waals surface area contributed by atoms with E-state index in [-0.39, 0.29) is 24.1 Å². The van der Waals surface area contributed by atoms with Crippen LogP contribution >= 0.6 is 0 Å². The topological polar surface area (TPSA) is 61.4 Å². The zero-order valence-electron chi connectivity index (χ0n) is 12.1. The van der Waals surface area contributed by atoms with Crippen molar-refractivity contribution in [2.24, 2.45) is 11.8 Å². The molecule has 0 heterocycles. The van der Waals surface area contributed by atoms with E-state index in [2.05, 4.69) is 10.6 Å². The zero-order chi connectivity index (χ0) is 13.8. The molecule has 1 fully saturated rings. The van der Waals surface area contributed by atoms with E-state index in [9.17, 15) is 9.90 Å². The van der Waals surface area contributed by atoms with Gasteiger partial charge in [0.15, 0.2) is 0 Å². The second kappa shape index (κ2) is 6.53. The van der Waals surface area contributed by atoms with Gasteiger partial charge in [-0.15, -0.1) is 0 Å². The Morgan fingerprint density at radius 1 is 1.33 bits per heavy atom. The van der Waals surface area contributed by atoms with Crippen molar-refractivity contribution in [3.63, 3.8) is 0 Å². The van der Waals surface area contributed by atoms with Gasteiger partial charge in [0.25, 0.3) is 0 Å². The summed E-state index contributed by atoms with van der Waals surface area (Å²) in [6.07, 6.45) is 3.47. The molecule has 4 nitrogen and oxygen atoms in total. The molecule has 18 heavy (non-hydrogen) atoms. The first kappa shape index (κ1) is 15.4. The fourth-order valence-electron chi connectivity index (χ4n) is 2.52. The average molecular weight is 256 g/mol. The lowest BCUT2D eigenvalue weighted by atomic mass is 9.96. The maximum Gasteiger partial charge on any atom is 0.237 e. The number of hydrogen-bond donors (Lipinski definition) is 3. The standard InChI is InChI=1S/C14H28N2O2/c1-10(13(18)16-14(2,3)4)15-8-11-6-5-7-12(11)9-17/h10-12,15,17H,5-9H2,1-4H3,(H,16,18). The van der Waals surface area contributed by atoms with Crippen molar-refractivity contribution in [3.8, 4) is 0 Å². The molecule has 0 spiro atoms. The first-order valence-corrected chi connectivity index (χ1v) is 6.99. The Morgan fingerprint density at radius 2 is 1.94 bits per heavy atom. The molecule has 106 valence electrons. The minimum absolute atomic E-state index is 0.0426. The highest BCUT2D eigenvalue weighted by molar-refractivity contribution is 5.81. The summed E-state index contributed by atoms with van der Waals surface area (Å²) in [5, 5.41) is 15.5. The summed E-state index contributed by atoms with van der Waals surface area (Å²) in [5.74, 6) is 0.969. The number of amides is 1. The monoisotopic (exact) mass is 256 g/mol. The van der Waals surface area contributed by atoms with Crippen molar-refractivity contribution >= 4 is 5.91 Å². The number of aliphatic hydroxyl groups is 1. The fourth-order valence-corrected chi connectivity index (χ4v) is 2.52. The molecule has 0 bridgehead atoms. The van der Waals surface area contributed by atoms with Crippen LogP contribution in [0.3, 0.4) is 0 Å². The molecule has 0 aromatic carbocycles. The van der Waals surface area contributed by atoms with Crippen molar-refractivity contribution in [1.82, 2.24) is 10.6 Å². The fraction of sp³-hybridized carbons (Fsp3) is 0.929. The SMILES string of the molecule is CC(NCC1CCCC1CO)C(=O)NC(C)(C)C. The molecule has 0 saturated heterocycles. The third-order valence-corrected chi connectivity index (χ3v) is 3.63. The Labute approximate surface area is 111 Å². The van der Waals surface area contributed by atoms with Crippen LogP contribution < -0.4 is 10.6 Å². The summed E-state index contributed by atoms with van der Waals surface area (Å²) >= 11 is 0. The van der Waals surface area contributed by atoms with Crippen LogP contribution in [0.2, 0.25) is 0 Å². The van der Waals surface area contributed by atoms with E-state index in [1.807, 2.05) is 27.7 Å². The van der Waals surface area contributed by atoms with E-state index in [0.717, 1.165) is 19.4 Å². The van der Waals surface area contributed by atoms with Gasteiger partial charge >= 0.3 is 0 Å². The number of hydrogen-bond acceptors (Lipinski definition) is 3. The Balaban J connectivity index is 2.32. The van der Waals surface area contributed by atoms with Crippen molar-refractivity contribution < 1.29 is 9.90 Å². The molecule has 0 aromatic rings. The van der Waals surface area contributed by atoms with Crippen molar-refractivity contribution in [1.29, 1.82) is 0 Å². The number of carbonyl (C=O) groups is 1. The average Bonchev–Trinajstić information content (AvgIpc) is 2.70.